The van der Waals surface area contributed by atoms with E-state index in [0.29, 0.717) is 22.8 Å². The molecule has 3 heterocycles. The predicted octanol–water partition coefficient (Wildman–Crippen LogP) is 1.24. The minimum Gasteiger partial charge on any atom is -0.492 e. The summed E-state index contributed by atoms with van der Waals surface area (Å²) >= 11 is 0. The molecule has 1 aromatic heterocycles. The lowest BCUT2D eigenvalue weighted by molar-refractivity contribution is 0.0878. The fourth-order valence-corrected chi connectivity index (χ4v) is 3.32. The smallest absolute Gasteiger partial charge is 0.266 e. The van der Waals surface area contributed by atoms with E-state index in [4.69, 9.17) is 14.2 Å². The van der Waals surface area contributed by atoms with E-state index in [-0.39, 0.29) is 18.9 Å². The van der Waals surface area contributed by atoms with Gasteiger partial charge in [-0.05, 0) is 37.2 Å². The minimum absolute atomic E-state index is 0.181. The summed E-state index contributed by atoms with van der Waals surface area (Å²) in [5.41, 5.74) is 8.41. The largest absolute Gasteiger partial charge is 0.492 e. The van der Waals surface area contributed by atoms with E-state index in [1.165, 1.54) is 6.20 Å². The second-order valence-electron chi connectivity index (χ2n) is 6.19. The number of nitrogens with one attached hydrogen (secondary N) is 2. The SMILES string of the molecule is COc1c2c(cc3c1C(NNC(=O)c1cccnc1)N(C)CC3)OCO2. The van der Waals surface area contributed by atoms with Gasteiger partial charge >= 0.3 is 0 Å². The number of ether oxygens (including phenoxy) is 3. The maximum Gasteiger partial charge on any atom is 0.266 e. The molecule has 1 amide bonds. The molecule has 1 unspecified atom stereocenters. The molecule has 0 aliphatic carbocycles. The molecule has 0 radical (unpaired) electrons. The monoisotopic (exact) mass is 356 g/mol. The van der Waals surface area contributed by atoms with Crippen LogP contribution < -0.4 is 25.1 Å². The van der Waals surface area contributed by atoms with Crippen molar-refractivity contribution in [2.24, 2.45) is 0 Å². The number of pyridine rings is 1. The maximum atomic E-state index is 12.3. The van der Waals surface area contributed by atoms with Gasteiger partial charge in [-0.25, -0.2) is 5.43 Å². The van der Waals surface area contributed by atoms with Gasteiger partial charge in [-0.15, -0.1) is 0 Å². The summed E-state index contributed by atoms with van der Waals surface area (Å²) in [4.78, 5) is 18.4. The molecule has 0 saturated heterocycles. The first-order valence-electron chi connectivity index (χ1n) is 8.34. The highest BCUT2D eigenvalue weighted by Crippen LogP contribution is 2.48. The van der Waals surface area contributed by atoms with Crippen LogP contribution in [0.15, 0.2) is 30.6 Å². The van der Waals surface area contributed by atoms with E-state index in [1.807, 2.05) is 13.1 Å². The lowest BCUT2D eigenvalue weighted by atomic mass is 9.95. The van der Waals surface area contributed by atoms with E-state index >= 15 is 0 Å². The van der Waals surface area contributed by atoms with Crippen LogP contribution in [0.4, 0.5) is 0 Å². The Bertz CT molecular complexity index is 828. The van der Waals surface area contributed by atoms with E-state index in [1.54, 1.807) is 25.4 Å². The van der Waals surface area contributed by atoms with Crippen LogP contribution >= 0.6 is 0 Å². The van der Waals surface area contributed by atoms with Gasteiger partial charge in [0, 0.05) is 24.5 Å². The molecule has 1 atom stereocenters. The van der Waals surface area contributed by atoms with Crippen LogP contribution in [0.2, 0.25) is 0 Å². The van der Waals surface area contributed by atoms with Gasteiger partial charge in [0.1, 0.15) is 6.17 Å². The molecule has 0 saturated carbocycles. The zero-order chi connectivity index (χ0) is 18.1. The summed E-state index contributed by atoms with van der Waals surface area (Å²) < 4.78 is 16.7. The molecule has 0 spiro atoms. The Balaban J connectivity index is 1.63. The average Bonchev–Trinajstić information content (AvgIpc) is 3.14. The van der Waals surface area contributed by atoms with Crippen molar-refractivity contribution < 1.29 is 19.0 Å². The second kappa shape index (κ2) is 6.81. The topological polar surface area (TPSA) is 85.0 Å². The number of amides is 1. The highest BCUT2D eigenvalue weighted by molar-refractivity contribution is 5.93. The first-order chi connectivity index (χ1) is 12.7. The highest BCUT2D eigenvalue weighted by Gasteiger charge is 2.34. The first kappa shape index (κ1) is 16.6. The number of hydrazine groups is 1. The molecule has 136 valence electrons. The molecule has 2 aromatic rings. The zero-order valence-corrected chi connectivity index (χ0v) is 14.6. The van der Waals surface area contributed by atoms with Crippen molar-refractivity contribution >= 4 is 5.91 Å². The number of fused-ring (bicyclic) bond motifs is 2. The second-order valence-corrected chi connectivity index (χ2v) is 6.19. The first-order valence-corrected chi connectivity index (χ1v) is 8.34. The van der Waals surface area contributed by atoms with Crippen molar-refractivity contribution in [3.8, 4) is 17.2 Å². The average molecular weight is 356 g/mol. The third-order valence-corrected chi connectivity index (χ3v) is 4.64. The van der Waals surface area contributed by atoms with Crippen LogP contribution in [0.3, 0.4) is 0 Å². The number of nitrogens with zero attached hydrogens (tertiary/aromatic N) is 2. The molecular weight excluding hydrogens is 336 g/mol. The fourth-order valence-electron chi connectivity index (χ4n) is 3.32. The Hall–Kier alpha value is -2.84. The zero-order valence-electron chi connectivity index (χ0n) is 14.6. The number of carbonyl (C=O) groups is 1. The van der Waals surface area contributed by atoms with E-state index < -0.39 is 0 Å². The Labute approximate surface area is 151 Å². The normalized spacial score (nSPS) is 18.3. The predicted molar refractivity (Wildman–Crippen MR) is 93.0 cm³/mol. The van der Waals surface area contributed by atoms with Gasteiger partial charge in [0.25, 0.3) is 5.91 Å². The van der Waals surface area contributed by atoms with E-state index in [9.17, 15) is 4.79 Å². The van der Waals surface area contributed by atoms with Crippen molar-refractivity contribution in [1.82, 2.24) is 20.7 Å². The number of aromatic nitrogens is 1. The number of methoxy groups -OCH3 is 1. The molecule has 2 N–H and O–H groups in total. The molecule has 8 heteroatoms. The van der Waals surface area contributed by atoms with Crippen molar-refractivity contribution in [2.45, 2.75) is 12.6 Å². The number of carbonyl (C=O) groups excluding carboxylic acids is 1. The molecule has 0 fully saturated rings. The quantitative estimate of drug-likeness (QED) is 0.797. The number of hydrogen-bond acceptors (Lipinski definition) is 7. The molecule has 4 rings (SSSR count). The van der Waals surface area contributed by atoms with Crippen molar-refractivity contribution in [3.05, 3.63) is 47.3 Å². The van der Waals surface area contributed by atoms with E-state index in [0.717, 1.165) is 24.1 Å². The molecule has 1 aromatic carbocycles. The Morgan fingerprint density at radius 1 is 1.42 bits per heavy atom. The third-order valence-electron chi connectivity index (χ3n) is 4.64. The number of rotatable bonds is 4. The van der Waals surface area contributed by atoms with Crippen LogP contribution in [0.1, 0.15) is 27.7 Å². The van der Waals surface area contributed by atoms with Gasteiger partial charge < -0.3 is 14.2 Å². The molecule has 2 aliphatic heterocycles. The van der Waals surface area contributed by atoms with Gasteiger partial charge in [0.15, 0.2) is 11.5 Å². The molecule has 26 heavy (non-hydrogen) atoms. The van der Waals surface area contributed by atoms with Gasteiger partial charge in [-0.3, -0.25) is 20.1 Å². The highest BCUT2D eigenvalue weighted by atomic mass is 16.7. The lowest BCUT2D eigenvalue weighted by Gasteiger charge is -2.36. The van der Waals surface area contributed by atoms with Gasteiger partial charge in [-0.2, -0.15) is 0 Å². The van der Waals surface area contributed by atoms with Crippen LogP contribution in [0.25, 0.3) is 0 Å². The van der Waals surface area contributed by atoms with Gasteiger partial charge in [-0.1, -0.05) is 0 Å². The Morgan fingerprint density at radius 2 is 2.31 bits per heavy atom. The third kappa shape index (κ3) is 2.83. The molecule has 2 aliphatic rings. The minimum atomic E-state index is -0.260. The molecule has 8 nitrogen and oxygen atoms in total. The maximum absolute atomic E-state index is 12.3. The van der Waals surface area contributed by atoms with Gasteiger partial charge in [0.2, 0.25) is 12.5 Å². The Kier molecular flexibility index (Phi) is 4.36. The molecule has 0 bridgehead atoms. The summed E-state index contributed by atoms with van der Waals surface area (Å²) in [5, 5.41) is 0. The number of benzene rings is 1. The number of hydrogen-bond donors (Lipinski definition) is 2. The fraction of sp³-hybridized carbons (Fsp3) is 0.333. The van der Waals surface area contributed by atoms with Crippen molar-refractivity contribution in [3.63, 3.8) is 0 Å². The van der Waals surface area contributed by atoms with Crippen molar-refractivity contribution in [2.75, 3.05) is 27.5 Å². The lowest BCUT2D eigenvalue weighted by Crippen LogP contribution is -2.48. The summed E-state index contributed by atoms with van der Waals surface area (Å²) in [6.07, 6.45) is 3.74. The standard InChI is InChI=1S/C18H20N4O4/c1-22-7-5-11-8-13-15(26-10-25-13)16(24-2)14(11)17(22)20-21-18(23)12-4-3-6-19-9-12/h3-4,6,8-9,17,20H,5,7,10H2,1-2H3,(H,21,23). The van der Waals surface area contributed by atoms with Crippen molar-refractivity contribution in [1.29, 1.82) is 0 Å². The summed E-state index contributed by atoms with van der Waals surface area (Å²) in [6.45, 7) is 1.01. The summed E-state index contributed by atoms with van der Waals surface area (Å²) in [6, 6.07) is 5.42. The van der Waals surface area contributed by atoms with Crippen LogP contribution in [0.5, 0.6) is 17.2 Å². The molecular formula is C18H20N4O4. The Morgan fingerprint density at radius 3 is 3.08 bits per heavy atom. The summed E-state index contributed by atoms with van der Waals surface area (Å²) in [5.74, 6) is 1.68. The van der Waals surface area contributed by atoms with Crippen LogP contribution in [-0.2, 0) is 6.42 Å². The summed E-state index contributed by atoms with van der Waals surface area (Å²) in [7, 11) is 3.60. The number of likely N-dealkylation sites (N-methyl/N-ethyl adjacent to an activating group) is 1. The van der Waals surface area contributed by atoms with Crippen LogP contribution in [-0.4, -0.2) is 43.3 Å². The van der Waals surface area contributed by atoms with E-state index in [2.05, 4.69) is 20.7 Å². The van der Waals surface area contributed by atoms with Gasteiger partial charge in [0.05, 0.1) is 12.7 Å². The van der Waals surface area contributed by atoms with Crippen LogP contribution in [0, 0.1) is 0 Å².